The third kappa shape index (κ3) is 33.3. The molecule has 22 nitrogen and oxygen atoms in total. The molecule has 0 aliphatic carbocycles. The molecule has 0 bridgehead atoms. The summed E-state index contributed by atoms with van der Waals surface area (Å²) in [5.41, 5.74) is 30.7. The van der Waals surface area contributed by atoms with Gasteiger partial charge in [-0.25, -0.2) is 0 Å². The normalized spacial score (nSPS) is 11.2. The zero-order valence-electron chi connectivity index (χ0n) is 32.1. The van der Waals surface area contributed by atoms with Crippen molar-refractivity contribution >= 4 is 23.6 Å². The largest absolute Gasteiger partial charge is 0.379 e. The second-order valence-electron chi connectivity index (χ2n) is 11.9. The molecule has 0 saturated carbocycles. The van der Waals surface area contributed by atoms with Crippen LogP contribution in [-0.4, -0.2) is 209 Å². The smallest absolute Gasteiger partial charge is 0.234 e. The number of nitrogens with one attached hydrogen (secondary N) is 4. The van der Waals surface area contributed by atoms with Crippen LogP contribution in [0, 0.1) is 0 Å². The molecule has 0 spiro atoms. The summed E-state index contributed by atoms with van der Waals surface area (Å²) in [6.45, 7) is 9.67. The van der Waals surface area contributed by atoms with E-state index in [1.54, 1.807) is 0 Å². The lowest BCUT2D eigenvalue weighted by Gasteiger charge is -2.24. The summed E-state index contributed by atoms with van der Waals surface area (Å²) < 4.78 is 21.4. The van der Waals surface area contributed by atoms with Crippen LogP contribution < -0.4 is 44.2 Å². The van der Waals surface area contributed by atoms with Gasteiger partial charge in [0, 0.05) is 110 Å². The van der Waals surface area contributed by atoms with Crippen LogP contribution in [0.2, 0.25) is 0 Å². The van der Waals surface area contributed by atoms with Gasteiger partial charge in [-0.05, 0) is 12.0 Å². The maximum atomic E-state index is 12.8. The molecule has 54 heavy (non-hydrogen) atoms. The highest BCUT2D eigenvalue weighted by molar-refractivity contribution is 5.79. The Balaban J connectivity index is 4.35. The Bertz CT molecular complexity index is 965. The minimum atomic E-state index is -0.219. The predicted molar refractivity (Wildman–Crippen MR) is 204 cm³/mol. The zero-order valence-corrected chi connectivity index (χ0v) is 32.1. The highest BCUT2D eigenvalue weighted by atomic mass is 16.6. The predicted octanol–water partition coefficient (Wildman–Crippen LogP) is -4.65. The van der Waals surface area contributed by atoms with Crippen LogP contribution in [0.4, 0.5) is 0 Å². The van der Waals surface area contributed by atoms with Gasteiger partial charge in [0.15, 0.2) is 0 Å². The summed E-state index contributed by atoms with van der Waals surface area (Å²) in [5, 5.41) is 14.8. The van der Waals surface area contributed by atoms with E-state index in [0.29, 0.717) is 151 Å². The summed E-state index contributed by atoms with van der Waals surface area (Å²) in [5.74, 6) is -0.718. The summed E-state index contributed by atoms with van der Waals surface area (Å²) in [7, 11) is 0. The minimum absolute atomic E-state index is 0.0569. The lowest BCUT2D eigenvalue weighted by molar-refractivity contribution is -0.123. The van der Waals surface area contributed by atoms with Gasteiger partial charge >= 0.3 is 0 Å². The number of ether oxygens (including phenoxy) is 4. The zero-order chi connectivity index (χ0) is 39.9. The Labute approximate surface area is 319 Å². The molecule has 0 fully saturated rings. The van der Waals surface area contributed by atoms with Crippen LogP contribution in [0.5, 0.6) is 0 Å². The highest BCUT2D eigenvalue weighted by Gasteiger charge is 2.15. The average molecular weight is 777 g/mol. The van der Waals surface area contributed by atoms with E-state index < -0.39 is 0 Å². The van der Waals surface area contributed by atoms with Gasteiger partial charge in [-0.15, -0.1) is 0 Å². The van der Waals surface area contributed by atoms with Gasteiger partial charge in [0.2, 0.25) is 23.6 Å². The number of nitrogens with two attached hydrogens (primary N) is 4. The molecule has 0 saturated heterocycles. The van der Waals surface area contributed by atoms with Crippen molar-refractivity contribution in [1.82, 2.24) is 36.0 Å². The Morgan fingerprint density at radius 2 is 0.852 bits per heavy atom. The maximum Gasteiger partial charge on any atom is 0.234 e. The Morgan fingerprint density at radius 3 is 1.26 bits per heavy atom. The molecule has 22 heteroatoms. The first-order chi connectivity index (χ1) is 26.3. The van der Waals surface area contributed by atoms with Crippen molar-refractivity contribution < 1.29 is 38.1 Å². The van der Waals surface area contributed by atoms with Crippen LogP contribution in [0.25, 0.3) is 10.4 Å². The number of hydrogen-bond donors (Lipinski definition) is 8. The molecule has 0 aromatic carbocycles. The minimum Gasteiger partial charge on any atom is -0.379 e. The average Bonchev–Trinajstić information content (AvgIpc) is 3.13. The van der Waals surface area contributed by atoms with E-state index >= 15 is 0 Å². The number of amides is 4. The van der Waals surface area contributed by atoms with Crippen molar-refractivity contribution in [2.75, 3.05) is 171 Å². The third-order valence-electron chi connectivity index (χ3n) is 7.37. The first-order valence-electron chi connectivity index (χ1n) is 18.6. The van der Waals surface area contributed by atoms with Crippen LogP contribution in [0.1, 0.15) is 12.8 Å². The number of azide groups is 1. The van der Waals surface area contributed by atoms with Crippen LogP contribution in [0.3, 0.4) is 0 Å². The molecule has 0 atom stereocenters. The second-order valence-corrected chi connectivity index (χ2v) is 11.9. The topological polar surface area (TPSA) is 316 Å². The van der Waals surface area contributed by atoms with Gasteiger partial charge in [0.05, 0.1) is 72.5 Å². The number of carbonyl (C=O) groups is 4. The Morgan fingerprint density at radius 1 is 0.500 bits per heavy atom. The molecule has 0 unspecified atom stereocenters. The van der Waals surface area contributed by atoms with Crippen LogP contribution >= 0.6 is 0 Å². The van der Waals surface area contributed by atoms with Crippen molar-refractivity contribution in [3.8, 4) is 0 Å². The summed E-state index contributed by atoms with van der Waals surface area (Å²) in [4.78, 5) is 58.1. The lowest BCUT2D eigenvalue weighted by Crippen LogP contribution is -2.47. The molecule has 4 amide bonds. The molecule has 0 aromatic rings. The fraction of sp³-hybridized carbons (Fsp3) is 0.875. The SMILES string of the molecule is [N-]=[N+]=NCCOCCOCCOCCOCCC(=O)NCCCNC(=O)CN(CCNC(=O)CN(CCN)CCN)CCNC(=O)CN(CCN)CCN. The van der Waals surface area contributed by atoms with Crippen molar-refractivity contribution in [3.63, 3.8) is 0 Å². The van der Waals surface area contributed by atoms with Gasteiger partial charge in [0.1, 0.15) is 0 Å². The number of carbonyl (C=O) groups excluding carboxylic acids is 4. The molecule has 0 aromatic heterocycles. The van der Waals surface area contributed by atoms with Gasteiger partial charge < -0.3 is 63.1 Å². The Hall–Kier alpha value is -3.25. The number of rotatable bonds is 39. The molecular weight excluding hydrogens is 708 g/mol. The third-order valence-corrected chi connectivity index (χ3v) is 7.37. The maximum absolute atomic E-state index is 12.8. The monoisotopic (exact) mass is 777 g/mol. The fourth-order valence-electron chi connectivity index (χ4n) is 4.73. The molecule has 0 aliphatic rings. The molecule has 0 rings (SSSR count). The summed E-state index contributed by atoms with van der Waals surface area (Å²) >= 11 is 0. The van der Waals surface area contributed by atoms with Gasteiger partial charge in [-0.2, -0.15) is 0 Å². The fourth-order valence-corrected chi connectivity index (χ4v) is 4.73. The van der Waals surface area contributed by atoms with Crippen molar-refractivity contribution in [3.05, 3.63) is 10.4 Å². The van der Waals surface area contributed by atoms with Crippen molar-refractivity contribution in [2.24, 2.45) is 28.0 Å². The summed E-state index contributed by atoms with van der Waals surface area (Å²) in [6, 6.07) is 0. The van der Waals surface area contributed by atoms with Gasteiger partial charge in [0.25, 0.3) is 0 Å². The van der Waals surface area contributed by atoms with E-state index in [-0.39, 0.29) is 56.3 Å². The quantitative estimate of drug-likeness (QED) is 0.0126. The van der Waals surface area contributed by atoms with E-state index in [1.165, 1.54) is 0 Å². The van der Waals surface area contributed by atoms with Crippen LogP contribution in [-0.2, 0) is 38.1 Å². The van der Waals surface area contributed by atoms with E-state index in [2.05, 4.69) is 31.3 Å². The number of hydrogen-bond acceptors (Lipinski definition) is 16. The molecule has 0 radical (unpaired) electrons. The molecule has 0 heterocycles. The number of nitrogens with zero attached hydrogens (tertiary/aromatic N) is 6. The standard InChI is InChI=1S/C32H68N14O8/c33-3-12-44(13-4-34)26-31(49)40-9-16-46(17-10-41-32(50)27-45(14-5-35)15-6-36)28-30(48)39-8-1-7-38-29(47)2-18-51-20-22-53-24-25-54-23-21-52-19-11-42-43-37/h1-28,33-36H2,(H,38,47)(H,39,48)(H,40,49)(H,41,50). The van der Waals surface area contributed by atoms with Gasteiger partial charge in [-0.3, -0.25) is 33.9 Å². The molecule has 0 aliphatic heterocycles. The van der Waals surface area contributed by atoms with E-state index in [0.717, 1.165) is 0 Å². The van der Waals surface area contributed by atoms with Crippen molar-refractivity contribution in [1.29, 1.82) is 0 Å². The van der Waals surface area contributed by atoms with Crippen molar-refractivity contribution in [2.45, 2.75) is 12.8 Å². The molecule has 12 N–H and O–H groups in total. The van der Waals surface area contributed by atoms with Crippen LogP contribution in [0.15, 0.2) is 5.11 Å². The first kappa shape index (κ1) is 50.8. The van der Waals surface area contributed by atoms with E-state index in [4.69, 9.17) is 47.4 Å². The lowest BCUT2D eigenvalue weighted by atomic mass is 10.3. The molecule has 314 valence electrons. The Kier molecular flexibility index (Phi) is 35.8. The second kappa shape index (κ2) is 38.0. The van der Waals surface area contributed by atoms with Gasteiger partial charge in [-0.1, -0.05) is 5.11 Å². The first-order valence-corrected chi connectivity index (χ1v) is 18.6. The summed E-state index contributed by atoms with van der Waals surface area (Å²) in [6.07, 6.45) is 0.736. The van der Waals surface area contributed by atoms with E-state index in [1.807, 2.05) is 14.7 Å². The highest BCUT2D eigenvalue weighted by Crippen LogP contribution is 1.92. The molecular formula is C32H68N14O8. The van der Waals surface area contributed by atoms with E-state index in [9.17, 15) is 19.2 Å².